The number of hydrogen-bond donors (Lipinski definition) is 3. The Hall–Kier alpha value is -2.24. The number of nitrogens with two attached hydrogens (primary N) is 1. The second-order valence-electron chi connectivity index (χ2n) is 4.84. The summed E-state index contributed by atoms with van der Waals surface area (Å²) in [4.78, 5) is 25.3. The van der Waals surface area contributed by atoms with Gasteiger partial charge in [-0.15, -0.1) is 0 Å². The highest BCUT2D eigenvalue weighted by atomic mass is 16.2. The molecule has 0 unspecified atom stereocenters. The second-order valence-corrected chi connectivity index (χ2v) is 4.84. The Kier molecular flexibility index (Phi) is 6.52. The number of nitrogens with zero attached hydrogens (tertiary/aromatic N) is 1. The van der Waals surface area contributed by atoms with E-state index in [9.17, 15) is 9.59 Å². The van der Waals surface area contributed by atoms with Crippen LogP contribution in [0.5, 0.6) is 0 Å². The molecule has 0 spiro atoms. The minimum absolute atomic E-state index is 0.0674. The second kappa shape index (κ2) is 8.14. The van der Waals surface area contributed by atoms with Crippen molar-refractivity contribution in [3.63, 3.8) is 0 Å². The van der Waals surface area contributed by atoms with Crippen molar-refractivity contribution in [2.75, 3.05) is 37.3 Å². The fourth-order valence-corrected chi connectivity index (χ4v) is 1.90. The molecule has 6 heteroatoms. The normalized spacial score (nSPS) is 10.0. The van der Waals surface area contributed by atoms with E-state index in [1.807, 2.05) is 13.8 Å². The van der Waals surface area contributed by atoms with Gasteiger partial charge < -0.3 is 21.3 Å². The quantitative estimate of drug-likeness (QED) is 0.654. The van der Waals surface area contributed by atoms with Gasteiger partial charge in [-0.05, 0) is 31.5 Å². The van der Waals surface area contributed by atoms with Crippen LogP contribution >= 0.6 is 0 Å². The molecule has 2 amide bonds. The van der Waals surface area contributed by atoms with Gasteiger partial charge in [0.1, 0.15) is 0 Å². The number of nitrogens with one attached hydrogen (secondary N) is 2. The first-order valence-corrected chi connectivity index (χ1v) is 7.15. The fraction of sp³-hybridized carbons (Fsp3) is 0.467. The summed E-state index contributed by atoms with van der Waals surface area (Å²) in [5.74, 6) is -0.218. The van der Waals surface area contributed by atoms with Crippen LogP contribution in [0.3, 0.4) is 0 Å². The van der Waals surface area contributed by atoms with E-state index >= 15 is 0 Å². The van der Waals surface area contributed by atoms with Crippen LogP contribution in [0.4, 0.5) is 11.4 Å². The Labute approximate surface area is 125 Å². The molecule has 0 saturated heterocycles. The van der Waals surface area contributed by atoms with Crippen molar-refractivity contribution in [2.45, 2.75) is 20.3 Å². The van der Waals surface area contributed by atoms with Crippen LogP contribution in [0.15, 0.2) is 18.2 Å². The smallest absolute Gasteiger partial charge is 0.251 e. The van der Waals surface area contributed by atoms with Gasteiger partial charge in [0.05, 0.1) is 17.9 Å². The van der Waals surface area contributed by atoms with Gasteiger partial charge in [-0.25, -0.2) is 0 Å². The minimum Gasteiger partial charge on any atom is -0.397 e. The van der Waals surface area contributed by atoms with Crippen LogP contribution in [0.25, 0.3) is 0 Å². The summed E-state index contributed by atoms with van der Waals surface area (Å²) >= 11 is 0. The molecule has 0 heterocycles. The first-order chi connectivity index (χ1) is 9.99. The molecule has 0 bridgehead atoms. The average molecular weight is 292 g/mol. The lowest BCUT2D eigenvalue weighted by molar-refractivity contribution is -0.119. The van der Waals surface area contributed by atoms with Crippen LogP contribution in [0, 0.1) is 0 Å². The SMILES string of the molecule is CCCNC(=O)CN(C)c1cc(C(=O)NCC)ccc1N. The maximum atomic E-state index is 11.8. The predicted octanol–water partition coefficient (Wildman–Crippen LogP) is 0.981. The van der Waals surface area contributed by atoms with E-state index in [-0.39, 0.29) is 18.4 Å². The van der Waals surface area contributed by atoms with Crippen molar-refractivity contribution in [3.8, 4) is 0 Å². The third-order valence-corrected chi connectivity index (χ3v) is 2.99. The van der Waals surface area contributed by atoms with Gasteiger partial charge in [-0.2, -0.15) is 0 Å². The Bertz CT molecular complexity index is 502. The molecule has 0 fully saturated rings. The first kappa shape index (κ1) is 16.8. The molecule has 0 aliphatic heterocycles. The zero-order valence-electron chi connectivity index (χ0n) is 12.9. The summed E-state index contributed by atoms with van der Waals surface area (Å²) in [5.41, 5.74) is 7.67. The third-order valence-electron chi connectivity index (χ3n) is 2.99. The lowest BCUT2D eigenvalue weighted by Gasteiger charge is -2.21. The molecular formula is C15H24N4O2. The van der Waals surface area contributed by atoms with E-state index in [1.54, 1.807) is 30.1 Å². The molecule has 4 N–H and O–H groups in total. The first-order valence-electron chi connectivity index (χ1n) is 7.15. The molecular weight excluding hydrogens is 268 g/mol. The Balaban J connectivity index is 2.83. The zero-order chi connectivity index (χ0) is 15.8. The highest BCUT2D eigenvalue weighted by Gasteiger charge is 2.13. The molecule has 116 valence electrons. The van der Waals surface area contributed by atoms with Gasteiger partial charge in [0, 0.05) is 25.7 Å². The van der Waals surface area contributed by atoms with E-state index < -0.39 is 0 Å². The molecule has 0 atom stereocenters. The minimum atomic E-state index is -0.150. The van der Waals surface area contributed by atoms with Crippen LogP contribution in [-0.4, -0.2) is 38.5 Å². The largest absolute Gasteiger partial charge is 0.397 e. The van der Waals surface area contributed by atoms with Crippen LogP contribution < -0.4 is 21.3 Å². The highest BCUT2D eigenvalue weighted by molar-refractivity contribution is 5.96. The summed E-state index contributed by atoms with van der Waals surface area (Å²) < 4.78 is 0. The van der Waals surface area contributed by atoms with Crippen molar-refractivity contribution in [1.29, 1.82) is 0 Å². The molecule has 21 heavy (non-hydrogen) atoms. The molecule has 0 saturated carbocycles. The summed E-state index contributed by atoms with van der Waals surface area (Å²) in [7, 11) is 1.78. The molecule has 0 aliphatic rings. The van der Waals surface area contributed by atoms with Crippen LogP contribution in [0.1, 0.15) is 30.6 Å². The van der Waals surface area contributed by atoms with Crippen molar-refractivity contribution >= 4 is 23.2 Å². The molecule has 0 aromatic heterocycles. The van der Waals surface area contributed by atoms with Crippen molar-refractivity contribution < 1.29 is 9.59 Å². The predicted molar refractivity (Wildman–Crippen MR) is 85.4 cm³/mol. The van der Waals surface area contributed by atoms with E-state index in [0.29, 0.717) is 30.0 Å². The summed E-state index contributed by atoms with van der Waals surface area (Å²) in [6, 6.07) is 5.06. The van der Waals surface area contributed by atoms with E-state index in [0.717, 1.165) is 6.42 Å². The summed E-state index contributed by atoms with van der Waals surface area (Å²) in [5, 5.41) is 5.55. The number of anilines is 2. The van der Waals surface area contributed by atoms with Gasteiger partial charge in [0.2, 0.25) is 5.91 Å². The fourth-order valence-electron chi connectivity index (χ4n) is 1.90. The monoisotopic (exact) mass is 292 g/mol. The standard InChI is InChI=1S/C15H24N4O2/c1-4-8-18-14(20)10-19(3)13-9-11(6-7-12(13)16)15(21)17-5-2/h6-7,9H,4-5,8,10,16H2,1-3H3,(H,17,21)(H,18,20). The number of benzene rings is 1. The van der Waals surface area contributed by atoms with Crippen molar-refractivity contribution in [2.24, 2.45) is 0 Å². The Morgan fingerprint density at radius 2 is 1.95 bits per heavy atom. The van der Waals surface area contributed by atoms with E-state index in [1.165, 1.54) is 0 Å². The summed E-state index contributed by atoms with van der Waals surface area (Å²) in [6.45, 7) is 5.27. The number of likely N-dealkylation sites (N-methyl/N-ethyl adjacent to an activating group) is 1. The molecule has 1 aromatic rings. The van der Waals surface area contributed by atoms with Gasteiger partial charge >= 0.3 is 0 Å². The lowest BCUT2D eigenvalue weighted by atomic mass is 10.1. The lowest BCUT2D eigenvalue weighted by Crippen LogP contribution is -2.35. The van der Waals surface area contributed by atoms with E-state index in [4.69, 9.17) is 5.73 Å². The average Bonchev–Trinajstić information content (AvgIpc) is 2.45. The molecule has 0 aliphatic carbocycles. The molecule has 6 nitrogen and oxygen atoms in total. The molecule has 0 radical (unpaired) electrons. The maximum Gasteiger partial charge on any atom is 0.251 e. The third kappa shape index (κ3) is 4.98. The number of hydrogen-bond acceptors (Lipinski definition) is 4. The number of amides is 2. The number of carbonyl (C=O) groups excluding carboxylic acids is 2. The Morgan fingerprint density at radius 1 is 1.24 bits per heavy atom. The topological polar surface area (TPSA) is 87.5 Å². The van der Waals surface area contributed by atoms with Crippen LogP contribution in [0.2, 0.25) is 0 Å². The Morgan fingerprint density at radius 3 is 2.57 bits per heavy atom. The van der Waals surface area contributed by atoms with E-state index in [2.05, 4.69) is 10.6 Å². The highest BCUT2D eigenvalue weighted by Crippen LogP contribution is 2.23. The molecule has 1 rings (SSSR count). The van der Waals surface area contributed by atoms with Crippen molar-refractivity contribution in [1.82, 2.24) is 10.6 Å². The van der Waals surface area contributed by atoms with Gasteiger partial charge in [-0.1, -0.05) is 6.92 Å². The number of rotatable bonds is 7. The van der Waals surface area contributed by atoms with Crippen molar-refractivity contribution in [3.05, 3.63) is 23.8 Å². The molecule has 1 aromatic carbocycles. The summed E-state index contributed by atoms with van der Waals surface area (Å²) in [6.07, 6.45) is 0.893. The zero-order valence-corrected chi connectivity index (χ0v) is 12.9. The number of nitrogen functional groups attached to an aromatic ring is 1. The van der Waals surface area contributed by atoms with Gasteiger partial charge in [-0.3, -0.25) is 9.59 Å². The maximum absolute atomic E-state index is 11.8. The van der Waals surface area contributed by atoms with Crippen LogP contribution in [-0.2, 0) is 4.79 Å². The van der Waals surface area contributed by atoms with Gasteiger partial charge in [0.15, 0.2) is 0 Å². The van der Waals surface area contributed by atoms with Gasteiger partial charge in [0.25, 0.3) is 5.91 Å². The number of carbonyl (C=O) groups is 2.